The van der Waals surface area contributed by atoms with Crippen molar-refractivity contribution < 1.29 is 4.39 Å². The maximum absolute atomic E-state index is 13.3. The molecule has 1 aromatic carbocycles. The number of anilines is 1. The Bertz CT molecular complexity index is 399. The fourth-order valence-electron chi connectivity index (χ4n) is 2.98. The molecule has 2 aliphatic rings. The maximum atomic E-state index is 13.3. The average Bonchev–Trinajstić information content (AvgIpc) is 2.73. The van der Waals surface area contributed by atoms with Gasteiger partial charge in [0, 0.05) is 18.8 Å². The zero-order valence-electron chi connectivity index (χ0n) is 10.1. The van der Waals surface area contributed by atoms with Gasteiger partial charge in [-0.15, -0.1) is 0 Å². The summed E-state index contributed by atoms with van der Waals surface area (Å²) < 4.78 is 13.3. The van der Waals surface area contributed by atoms with Gasteiger partial charge in [0.05, 0.1) is 0 Å². The molecule has 2 nitrogen and oxygen atoms in total. The minimum atomic E-state index is -0.110. The molecule has 0 unspecified atom stereocenters. The van der Waals surface area contributed by atoms with Crippen molar-refractivity contribution in [2.24, 2.45) is 5.92 Å². The summed E-state index contributed by atoms with van der Waals surface area (Å²) in [5.74, 6) is 0.659. The number of fused-ring (bicyclic) bond motifs is 1. The molecule has 1 N–H and O–H groups in total. The number of nitrogens with one attached hydrogen (secondary N) is 1. The van der Waals surface area contributed by atoms with E-state index in [0.717, 1.165) is 44.2 Å². The molecule has 1 saturated heterocycles. The normalized spacial score (nSPS) is 20.6. The summed E-state index contributed by atoms with van der Waals surface area (Å²) >= 11 is 0. The molecule has 3 rings (SSSR count). The topological polar surface area (TPSA) is 15.3 Å². The molecule has 2 aliphatic heterocycles. The van der Waals surface area contributed by atoms with Crippen molar-refractivity contribution in [3.8, 4) is 0 Å². The number of piperidine rings is 1. The number of halogens is 1. The molecule has 0 aromatic heterocycles. The molecule has 0 amide bonds. The summed E-state index contributed by atoms with van der Waals surface area (Å²) in [6, 6.07) is 5.21. The van der Waals surface area contributed by atoms with Gasteiger partial charge < -0.3 is 10.2 Å². The van der Waals surface area contributed by atoms with Gasteiger partial charge in [-0.05, 0) is 56.0 Å². The van der Waals surface area contributed by atoms with Crippen molar-refractivity contribution >= 4 is 5.69 Å². The number of hydrogen-bond donors (Lipinski definition) is 1. The zero-order valence-corrected chi connectivity index (χ0v) is 10.1. The minimum Gasteiger partial charge on any atom is -0.371 e. The van der Waals surface area contributed by atoms with Crippen LogP contribution in [-0.2, 0) is 6.42 Å². The highest BCUT2D eigenvalue weighted by Crippen LogP contribution is 2.30. The van der Waals surface area contributed by atoms with E-state index in [1.807, 2.05) is 6.07 Å². The van der Waals surface area contributed by atoms with Crippen molar-refractivity contribution in [3.63, 3.8) is 0 Å². The molecule has 1 aromatic rings. The molecule has 3 heteroatoms. The van der Waals surface area contributed by atoms with Crippen LogP contribution in [0.1, 0.15) is 18.4 Å². The third-order valence-electron chi connectivity index (χ3n) is 3.98. The molecular weight excluding hydrogens is 215 g/mol. The molecule has 0 aliphatic carbocycles. The first-order chi connectivity index (χ1) is 8.33. The van der Waals surface area contributed by atoms with E-state index in [1.165, 1.54) is 18.4 Å². The molecule has 0 atom stereocenters. The molecule has 92 valence electrons. The van der Waals surface area contributed by atoms with Gasteiger partial charge in [-0.2, -0.15) is 0 Å². The predicted molar refractivity (Wildman–Crippen MR) is 67.9 cm³/mol. The number of benzene rings is 1. The van der Waals surface area contributed by atoms with Gasteiger partial charge in [0.25, 0.3) is 0 Å². The Morgan fingerprint density at radius 2 is 2.12 bits per heavy atom. The summed E-state index contributed by atoms with van der Waals surface area (Å²) in [6.45, 7) is 4.42. The SMILES string of the molecule is Fc1ccc2c(c1)N(CC1CCNCC1)CC2. The smallest absolute Gasteiger partial charge is 0.125 e. The van der Waals surface area contributed by atoms with Gasteiger partial charge in [-0.25, -0.2) is 4.39 Å². The van der Waals surface area contributed by atoms with Crippen molar-refractivity contribution in [2.75, 3.05) is 31.1 Å². The number of nitrogens with zero attached hydrogens (tertiary/aromatic N) is 1. The third kappa shape index (κ3) is 2.29. The van der Waals surface area contributed by atoms with Crippen LogP contribution in [-0.4, -0.2) is 26.2 Å². The monoisotopic (exact) mass is 234 g/mol. The van der Waals surface area contributed by atoms with Crippen LogP contribution in [0.2, 0.25) is 0 Å². The Kier molecular flexibility index (Phi) is 3.02. The molecular formula is C14H19FN2. The highest BCUT2D eigenvalue weighted by atomic mass is 19.1. The van der Waals surface area contributed by atoms with Crippen LogP contribution in [0.15, 0.2) is 18.2 Å². The van der Waals surface area contributed by atoms with Gasteiger partial charge in [0.15, 0.2) is 0 Å². The van der Waals surface area contributed by atoms with Crippen LogP contribution in [0.4, 0.5) is 10.1 Å². The van der Waals surface area contributed by atoms with E-state index in [1.54, 1.807) is 12.1 Å². The molecule has 0 radical (unpaired) electrons. The van der Waals surface area contributed by atoms with Crippen LogP contribution in [0.3, 0.4) is 0 Å². The lowest BCUT2D eigenvalue weighted by Gasteiger charge is -2.29. The second kappa shape index (κ2) is 4.65. The van der Waals surface area contributed by atoms with Crippen molar-refractivity contribution in [2.45, 2.75) is 19.3 Å². The Balaban J connectivity index is 1.72. The molecule has 0 spiro atoms. The lowest BCUT2D eigenvalue weighted by Crippen LogP contribution is -2.35. The van der Waals surface area contributed by atoms with E-state index in [4.69, 9.17) is 0 Å². The Morgan fingerprint density at radius 3 is 2.94 bits per heavy atom. The van der Waals surface area contributed by atoms with Crippen molar-refractivity contribution in [1.29, 1.82) is 0 Å². The molecule has 0 saturated carbocycles. The summed E-state index contributed by atoms with van der Waals surface area (Å²) in [6.07, 6.45) is 3.57. The van der Waals surface area contributed by atoms with Crippen LogP contribution in [0.5, 0.6) is 0 Å². The standard InChI is InChI=1S/C14H19FN2/c15-13-2-1-12-5-8-17(14(12)9-13)10-11-3-6-16-7-4-11/h1-2,9,11,16H,3-8,10H2. The maximum Gasteiger partial charge on any atom is 0.125 e. The Morgan fingerprint density at radius 1 is 1.29 bits per heavy atom. The zero-order chi connectivity index (χ0) is 11.7. The molecule has 0 bridgehead atoms. The lowest BCUT2D eigenvalue weighted by atomic mass is 9.97. The second-order valence-corrected chi connectivity index (χ2v) is 5.16. The van der Waals surface area contributed by atoms with Crippen LogP contribution in [0, 0.1) is 11.7 Å². The first kappa shape index (κ1) is 11.0. The van der Waals surface area contributed by atoms with Gasteiger partial charge in [-0.3, -0.25) is 0 Å². The fraction of sp³-hybridized carbons (Fsp3) is 0.571. The van der Waals surface area contributed by atoms with E-state index in [0.29, 0.717) is 0 Å². The first-order valence-electron chi connectivity index (χ1n) is 6.57. The minimum absolute atomic E-state index is 0.110. The quantitative estimate of drug-likeness (QED) is 0.844. The summed E-state index contributed by atoms with van der Waals surface area (Å²) in [5.41, 5.74) is 2.43. The van der Waals surface area contributed by atoms with Gasteiger partial charge in [0.1, 0.15) is 5.82 Å². The van der Waals surface area contributed by atoms with Gasteiger partial charge in [0.2, 0.25) is 0 Å². The van der Waals surface area contributed by atoms with Gasteiger partial charge in [-0.1, -0.05) is 6.07 Å². The van der Waals surface area contributed by atoms with Gasteiger partial charge >= 0.3 is 0 Å². The summed E-state index contributed by atoms with van der Waals surface area (Å²) in [5, 5.41) is 3.39. The van der Waals surface area contributed by atoms with Crippen LogP contribution >= 0.6 is 0 Å². The lowest BCUT2D eigenvalue weighted by molar-refractivity contribution is 0.375. The van der Waals surface area contributed by atoms with Crippen LogP contribution < -0.4 is 10.2 Å². The molecule has 17 heavy (non-hydrogen) atoms. The fourth-order valence-corrected chi connectivity index (χ4v) is 2.98. The highest BCUT2D eigenvalue weighted by Gasteiger charge is 2.23. The Hall–Kier alpha value is -1.09. The van der Waals surface area contributed by atoms with Crippen molar-refractivity contribution in [1.82, 2.24) is 5.32 Å². The van der Waals surface area contributed by atoms with Crippen molar-refractivity contribution in [3.05, 3.63) is 29.6 Å². The summed E-state index contributed by atoms with van der Waals surface area (Å²) in [4.78, 5) is 2.37. The van der Waals surface area contributed by atoms with E-state index in [-0.39, 0.29) is 5.82 Å². The van der Waals surface area contributed by atoms with E-state index < -0.39 is 0 Å². The first-order valence-corrected chi connectivity index (χ1v) is 6.57. The third-order valence-corrected chi connectivity index (χ3v) is 3.98. The summed E-state index contributed by atoms with van der Waals surface area (Å²) in [7, 11) is 0. The highest BCUT2D eigenvalue weighted by molar-refractivity contribution is 5.58. The van der Waals surface area contributed by atoms with Crippen LogP contribution in [0.25, 0.3) is 0 Å². The largest absolute Gasteiger partial charge is 0.371 e. The number of hydrogen-bond acceptors (Lipinski definition) is 2. The number of rotatable bonds is 2. The van der Waals surface area contributed by atoms with E-state index in [9.17, 15) is 4.39 Å². The average molecular weight is 234 g/mol. The second-order valence-electron chi connectivity index (χ2n) is 5.16. The van der Waals surface area contributed by atoms with E-state index in [2.05, 4.69) is 10.2 Å². The molecule has 2 heterocycles. The Labute approximate surface area is 102 Å². The molecule has 1 fully saturated rings. The predicted octanol–water partition coefficient (Wildman–Crippen LogP) is 2.19. The van der Waals surface area contributed by atoms with E-state index >= 15 is 0 Å².